The van der Waals surface area contributed by atoms with Crippen molar-refractivity contribution in [3.63, 3.8) is 0 Å². The third-order valence-corrected chi connectivity index (χ3v) is 5.08. The summed E-state index contributed by atoms with van der Waals surface area (Å²) in [6.45, 7) is 3.15. The molecule has 0 unspecified atom stereocenters. The molecule has 9 heteroatoms. The number of rotatable bonds is 3. The van der Waals surface area contributed by atoms with Gasteiger partial charge in [0.25, 0.3) is 11.5 Å². The van der Waals surface area contributed by atoms with Gasteiger partial charge in [0.1, 0.15) is 11.4 Å². The molecule has 1 aromatic carbocycles. The molecular formula is C20H20FN5O3. The normalized spacial score (nSPS) is 14.4. The number of piperazine rings is 1. The van der Waals surface area contributed by atoms with Crippen molar-refractivity contribution in [2.24, 2.45) is 0 Å². The fourth-order valence-corrected chi connectivity index (χ4v) is 3.50. The summed E-state index contributed by atoms with van der Waals surface area (Å²) < 4.78 is 15.0. The molecule has 1 saturated heterocycles. The van der Waals surface area contributed by atoms with Gasteiger partial charge in [-0.15, -0.1) is 0 Å². The highest BCUT2D eigenvalue weighted by Crippen LogP contribution is 2.14. The van der Waals surface area contributed by atoms with Crippen molar-refractivity contribution in [2.75, 3.05) is 26.2 Å². The van der Waals surface area contributed by atoms with Crippen LogP contribution in [0.3, 0.4) is 0 Å². The van der Waals surface area contributed by atoms with Crippen LogP contribution in [0.25, 0.3) is 5.65 Å². The number of amides is 2. The van der Waals surface area contributed by atoms with Crippen molar-refractivity contribution in [2.45, 2.75) is 13.3 Å². The van der Waals surface area contributed by atoms with Gasteiger partial charge in [0.15, 0.2) is 5.65 Å². The summed E-state index contributed by atoms with van der Waals surface area (Å²) in [6.07, 6.45) is 1.47. The molecule has 29 heavy (non-hydrogen) atoms. The van der Waals surface area contributed by atoms with Gasteiger partial charge in [0.2, 0.25) is 5.91 Å². The Kier molecular flexibility index (Phi) is 4.87. The number of nitrogens with zero attached hydrogens (tertiary/aromatic N) is 4. The molecular weight excluding hydrogens is 377 g/mol. The molecule has 1 aliphatic rings. The quantitative estimate of drug-likeness (QED) is 0.714. The number of H-pyrrole nitrogens is 1. The molecule has 0 spiro atoms. The van der Waals surface area contributed by atoms with Gasteiger partial charge in [-0.2, -0.15) is 0 Å². The van der Waals surface area contributed by atoms with E-state index in [1.165, 1.54) is 22.8 Å². The van der Waals surface area contributed by atoms with Crippen LogP contribution in [-0.4, -0.2) is 62.4 Å². The van der Waals surface area contributed by atoms with E-state index in [4.69, 9.17) is 0 Å². The van der Waals surface area contributed by atoms with Gasteiger partial charge in [0.05, 0.1) is 6.42 Å². The lowest BCUT2D eigenvalue weighted by Gasteiger charge is -2.34. The predicted octanol–water partition coefficient (Wildman–Crippen LogP) is 0.997. The minimum atomic E-state index is -0.396. The first-order chi connectivity index (χ1) is 13.9. The molecule has 8 nitrogen and oxygen atoms in total. The summed E-state index contributed by atoms with van der Waals surface area (Å²) in [5.41, 5.74) is 1.22. The minimum Gasteiger partial charge on any atom is -0.339 e. The Labute approximate surface area is 165 Å². The van der Waals surface area contributed by atoms with Gasteiger partial charge >= 0.3 is 0 Å². The lowest BCUT2D eigenvalue weighted by molar-refractivity contribution is -0.132. The Morgan fingerprint density at radius 1 is 1.14 bits per heavy atom. The molecule has 0 atom stereocenters. The predicted molar refractivity (Wildman–Crippen MR) is 103 cm³/mol. The zero-order valence-electron chi connectivity index (χ0n) is 15.9. The number of aryl methyl sites for hydroxylation is 1. The number of aromatic amines is 1. The van der Waals surface area contributed by atoms with Gasteiger partial charge in [-0.3, -0.25) is 19.5 Å². The highest BCUT2D eigenvalue weighted by Gasteiger charge is 2.27. The first kappa shape index (κ1) is 18.9. The molecule has 150 valence electrons. The molecule has 2 aromatic heterocycles. The number of aromatic nitrogens is 3. The maximum atomic E-state index is 13.8. The maximum absolute atomic E-state index is 13.8. The van der Waals surface area contributed by atoms with E-state index >= 15 is 0 Å². The zero-order chi connectivity index (χ0) is 20.5. The number of benzene rings is 1. The highest BCUT2D eigenvalue weighted by molar-refractivity contribution is 5.99. The standard InChI is InChI=1S/C20H20FN5O3/c1-13-10-18(28)26-19(23-13)15(12-22-26)20(29)25-8-6-24(7-9-25)17(27)11-14-4-2-3-5-16(14)21/h2-5,10,12,22H,6-9,11H2,1H3. The van der Waals surface area contributed by atoms with Crippen LogP contribution in [0.15, 0.2) is 41.3 Å². The first-order valence-electron chi connectivity index (χ1n) is 9.32. The molecule has 4 rings (SSSR count). The van der Waals surface area contributed by atoms with Gasteiger partial charge in [-0.05, 0) is 18.6 Å². The molecule has 0 bridgehead atoms. The minimum absolute atomic E-state index is 0.00478. The second-order valence-corrected chi connectivity index (χ2v) is 7.02. The van der Waals surface area contributed by atoms with E-state index < -0.39 is 5.82 Å². The van der Waals surface area contributed by atoms with Crippen molar-refractivity contribution >= 4 is 17.5 Å². The lowest BCUT2D eigenvalue weighted by atomic mass is 10.1. The molecule has 1 N–H and O–H groups in total. The fraction of sp³-hybridized carbons (Fsp3) is 0.300. The summed E-state index contributed by atoms with van der Waals surface area (Å²) in [6, 6.07) is 7.60. The van der Waals surface area contributed by atoms with Crippen LogP contribution in [0.2, 0.25) is 0 Å². The van der Waals surface area contributed by atoms with Crippen LogP contribution in [0.5, 0.6) is 0 Å². The second-order valence-electron chi connectivity index (χ2n) is 7.02. The van der Waals surface area contributed by atoms with Gasteiger partial charge in [-0.1, -0.05) is 18.2 Å². The Hall–Kier alpha value is -3.49. The summed E-state index contributed by atoms with van der Waals surface area (Å²) in [5, 5.41) is 2.76. The van der Waals surface area contributed by atoms with E-state index in [0.29, 0.717) is 43.0 Å². The average Bonchev–Trinajstić information content (AvgIpc) is 3.13. The van der Waals surface area contributed by atoms with E-state index in [-0.39, 0.29) is 29.4 Å². The number of halogens is 1. The van der Waals surface area contributed by atoms with Crippen LogP contribution < -0.4 is 5.56 Å². The van der Waals surface area contributed by atoms with E-state index in [1.807, 2.05) is 0 Å². The third kappa shape index (κ3) is 3.63. The van der Waals surface area contributed by atoms with Gasteiger partial charge in [0, 0.05) is 44.1 Å². The average molecular weight is 397 g/mol. The van der Waals surface area contributed by atoms with E-state index in [1.54, 1.807) is 34.9 Å². The molecule has 3 heterocycles. The van der Waals surface area contributed by atoms with E-state index in [2.05, 4.69) is 10.1 Å². The summed E-state index contributed by atoms with van der Waals surface area (Å²) >= 11 is 0. The molecule has 0 saturated carbocycles. The van der Waals surface area contributed by atoms with Gasteiger partial charge < -0.3 is 9.80 Å². The number of nitrogens with one attached hydrogen (secondary N) is 1. The molecule has 2 amide bonds. The summed E-state index contributed by atoms with van der Waals surface area (Å²) in [5.74, 6) is -0.812. The number of carbonyl (C=O) groups excluding carboxylic acids is 2. The second kappa shape index (κ2) is 7.50. The van der Waals surface area contributed by atoms with Crippen LogP contribution in [0, 0.1) is 12.7 Å². The molecule has 0 radical (unpaired) electrons. The van der Waals surface area contributed by atoms with Crippen molar-refractivity contribution < 1.29 is 14.0 Å². The van der Waals surface area contributed by atoms with E-state index in [9.17, 15) is 18.8 Å². The number of fused-ring (bicyclic) bond motifs is 1. The Balaban J connectivity index is 1.43. The molecule has 1 aliphatic heterocycles. The molecule has 3 aromatic rings. The molecule has 0 aliphatic carbocycles. The van der Waals surface area contributed by atoms with Crippen molar-refractivity contribution in [1.82, 2.24) is 24.4 Å². The Morgan fingerprint density at radius 2 is 1.83 bits per heavy atom. The third-order valence-electron chi connectivity index (χ3n) is 5.08. The van der Waals surface area contributed by atoms with Crippen molar-refractivity contribution in [3.8, 4) is 0 Å². The van der Waals surface area contributed by atoms with Crippen LogP contribution in [0.1, 0.15) is 21.6 Å². The van der Waals surface area contributed by atoms with E-state index in [0.717, 1.165) is 0 Å². The maximum Gasteiger partial charge on any atom is 0.272 e. The van der Waals surface area contributed by atoms with Crippen molar-refractivity contribution in [1.29, 1.82) is 0 Å². The monoisotopic (exact) mass is 397 g/mol. The zero-order valence-corrected chi connectivity index (χ0v) is 15.9. The van der Waals surface area contributed by atoms with Crippen molar-refractivity contribution in [3.05, 3.63) is 69.5 Å². The first-order valence-corrected chi connectivity index (χ1v) is 9.32. The Morgan fingerprint density at radius 3 is 2.55 bits per heavy atom. The number of hydrogen-bond acceptors (Lipinski definition) is 4. The topological polar surface area (TPSA) is 90.8 Å². The summed E-state index contributed by atoms with van der Waals surface area (Å²) in [7, 11) is 0. The Bertz CT molecular complexity index is 1140. The van der Waals surface area contributed by atoms with Crippen LogP contribution in [-0.2, 0) is 11.2 Å². The largest absolute Gasteiger partial charge is 0.339 e. The SMILES string of the molecule is Cc1cc(=O)n2[nH]cc(C(=O)N3CCN(C(=O)Cc4ccccc4F)CC3)c2n1. The number of hydrogen-bond donors (Lipinski definition) is 1. The molecule has 1 fully saturated rings. The van der Waals surface area contributed by atoms with Crippen LogP contribution >= 0.6 is 0 Å². The smallest absolute Gasteiger partial charge is 0.272 e. The van der Waals surface area contributed by atoms with Gasteiger partial charge in [-0.25, -0.2) is 13.9 Å². The fourth-order valence-electron chi connectivity index (χ4n) is 3.50. The van der Waals surface area contributed by atoms with Crippen LogP contribution in [0.4, 0.5) is 4.39 Å². The highest BCUT2D eigenvalue weighted by atomic mass is 19.1. The number of carbonyl (C=O) groups is 2. The summed E-state index contributed by atoms with van der Waals surface area (Å²) in [4.78, 5) is 44.9. The lowest BCUT2D eigenvalue weighted by Crippen LogP contribution is -2.51.